The molecule has 0 aliphatic heterocycles. The number of carbonyl (C=O) groups is 2. The van der Waals surface area contributed by atoms with Crippen molar-refractivity contribution in [1.82, 2.24) is 5.32 Å². The largest absolute Gasteiger partial charge is 0.768 e. The van der Waals surface area contributed by atoms with Crippen molar-refractivity contribution in [1.29, 1.82) is 0 Å². The maximum Gasteiger partial charge on any atom is 0.335 e. The van der Waals surface area contributed by atoms with Crippen LogP contribution in [0.1, 0.15) is 56.3 Å². The predicted molar refractivity (Wildman–Crippen MR) is 118 cm³/mol. The summed E-state index contributed by atoms with van der Waals surface area (Å²) in [5.74, 6) is -2.52. The van der Waals surface area contributed by atoms with Crippen LogP contribution >= 0.6 is 0 Å². The monoisotopic (exact) mass is 452 g/mol. The Labute approximate surface area is 188 Å². The lowest BCUT2D eigenvalue weighted by Gasteiger charge is -2.28. The van der Waals surface area contributed by atoms with E-state index in [-0.39, 0.29) is 28.0 Å². The maximum absolute atomic E-state index is 11.8. The molecule has 0 spiro atoms. The number of carboxylic acid groups (broad SMARTS) is 2. The molecule has 0 saturated carbocycles. The average Bonchev–Trinajstić information content (AvgIpc) is 2.79. The lowest BCUT2D eigenvalue weighted by molar-refractivity contribution is 0.0686. The minimum atomic E-state index is -2.53. The van der Waals surface area contributed by atoms with Gasteiger partial charge in [-0.2, -0.15) is 0 Å². The molecular formula is C24H22NO6S-. The van der Waals surface area contributed by atoms with E-state index in [0.29, 0.717) is 12.1 Å². The summed E-state index contributed by atoms with van der Waals surface area (Å²) in [6, 6.07) is 19.6. The molecule has 8 heteroatoms. The first kappa shape index (κ1) is 23.3. The van der Waals surface area contributed by atoms with Gasteiger partial charge in [0.05, 0.1) is 11.1 Å². The van der Waals surface area contributed by atoms with Gasteiger partial charge in [-0.1, -0.05) is 49.4 Å². The Morgan fingerprint density at radius 2 is 1.53 bits per heavy atom. The Kier molecular flexibility index (Phi) is 7.53. The van der Waals surface area contributed by atoms with Gasteiger partial charge in [0.2, 0.25) is 0 Å². The average molecular weight is 453 g/mol. The minimum Gasteiger partial charge on any atom is -0.768 e. The Morgan fingerprint density at radius 1 is 0.938 bits per heavy atom. The molecule has 3 rings (SSSR count). The van der Waals surface area contributed by atoms with Crippen LogP contribution < -0.4 is 5.32 Å². The lowest BCUT2D eigenvalue weighted by Crippen LogP contribution is -2.26. The van der Waals surface area contributed by atoms with E-state index in [0.717, 1.165) is 11.1 Å². The van der Waals surface area contributed by atoms with E-state index >= 15 is 0 Å². The topological polar surface area (TPSA) is 127 Å². The molecule has 0 aliphatic carbocycles. The molecular weight excluding hydrogens is 430 g/mol. The third-order valence-electron chi connectivity index (χ3n) is 5.31. The molecule has 0 radical (unpaired) electrons. The molecule has 0 fully saturated rings. The number of aromatic carboxylic acids is 2. The van der Waals surface area contributed by atoms with Crippen molar-refractivity contribution in [2.45, 2.75) is 30.3 Å². The highest BCUT2D eigenvalue weighted by Crippen LogP contribution is 2.34. The third-order valence-corrected chi connectivity index (χ3v) is 6.04. The lowest BCUT2D eigenvalue weighted by atomic mass is 9.87. The van der Waals surface area contributed by atoms with Crippen molar-refractivity contribution in [2.24, 2.45) is 0 Å². The summed E-state index contributed by atoms with van der Waals surface area (Å²) < 4.78 is 23.6. The summed E-state index contributed by atoms with van der Waals surface area (Å²) >= 11 is -2.53. The van der Waals surface area contributed by atoms with Crippen molar-refractivity contribution >= 4 is 23.0 Å². The SMILES string of the molecule is CC(c1cc(C(=O)O)ccc1S(=O)[O-])C(NCc1ccc(C(=O)O)cc1)c1ccccc1. The summed E-state index contributed by atoms with van der Waals surface area (Å²) in [6.45, 7) is 2.24. The molecule has 0 saturated heterocycles. The second kappa shape index (κ2) is 10.3. The second-order valence-corrected chi connectivity index (χ2v) is 8.26. The first-order chi connectivity index (χ1) is 15.3. The van der Waals surface area contributed by atoms with Gasteiger partial charge in [0.15, 0.2) is 0 Å². The molecule has 3 N–H and O–H groups in total. The molecule has 3 aromatic rings. The molecule has 0 bridgehead atoms. The highest BCUT2D eigenvalue weighted by Gasteiger charge is 2.24. The third kappa shape index (κ3) is 5.47. The second-order valence-electron chi connectivity index (χ2n) is 7.35. The van der Waals surface area contributed by atoms with Crippen LogP contribution in [0.5, 0.6) is 0 Å². The van der Waals surface area contributed by atoms with Crippen molar-refractivity contribution in [3.63, 3.8) is 0 Å². The number of benzene rings is 3. The molecule has 32 heavy (non-hydrogen) atoms. The van der Waals surface area contributed by atoms with Gasteiger partial charge in [-0.3, -0.25) is 4.21 Å². The Morgan fingerprint density at radius 3 is 2.09 bits per heavy atom. The van der Waals surface area contributed by atoms with E-state index in [1.807, 2.05) is 37.3 Å². The van der Waals surface area contributed by atoms with Crippen molar-refractivity contribution in [2.75, 3.05) is 0 Å². The first-order valence-corrected chi connectivity index (χ1v) is 10.9. The van der Waals surface area contributed by atoms with Crippen LogP contribution in [0, 0.1) is 0 Å². The molecule has 0 heterocycles. The Hall–Kier alpha value is -3.33. The van der Waals surface area contributed by atoms with Crippen LogP contribution in [0.2, 0.25) is 0 Å². The van der Waals surface area contributed by atoms with Gasteiger partial charge in [-0.05, 0) is 58.1 Å². The van der Waals surface area contributed by atoms with Gasteiger partial charge < -0.3 is 20.1 Å². The predicted octanol–water partition coefficient (Wildman–Crippen LogP) is 3.96. The van der Waals surface area contributed by atoms with Gasteiger partial charge in [-0.25, -0.2) is 9.59 Å². The van der Waals surface area contributed by atoms with Gasteiger partial charge in [0.25, 0.3) is 0 Å². The van der Waals surface area contributed by atoms with Crippen LogP contribution in [-0.2, 0) is 17.6 Å². The number of hydrogen-bond donors (Lipinski definition) is 3. The zero-order valence-corrected chi connectivity index (χ0v) is 18.0. The van der Waals surface area contributed by atoms with Gasteiger partial charge in [0, 0.05) is 23.4 Å². The number of carboxylic acids is 2. The quantitative estimate of drug-likeness (QED) is 0.420. The van der Waals surface area contributed by atoms with Crippen LogP contribution in [-0.4, -0.2) is 30.9 Å². The van der Waals surface area contributed by atoms with Crippen LogP contribution in [0.25, 0.3) is 0 Å². The van der Waals surface area contributed by atoms with E-state index in [1.54, 1.807) is 12.1 Å². The Bertz CT molecular complexity index is 1130. The number of nitrogens with one attached hydrogen (secondary N) is 1. The summed E-state index contributed by atoms with van der Waals surface area (Å²) in [5, 5.41) is 21.9. The highest BCUT2D eigenvalue weighted by molar-refractivity contribution is 7.79. The van der Waals surface area contributed by atoms with E-state index in [1.165, 1.54) is 30.3 Å². The van der Waals surface area contributed by atoms with E-state index < -0.39 is 23.0 Å². The van der Waals surface area contributed by atoms with Crippen LogP contribution in [0.4, 0.5) is 0 Å². The van der Waals surface area contributed by atoms with E-state index in [4.69, 9.17) is 5.11 Å². The van der Waals surface area contributed by atoms with Crippen LogP contribution in [0.3, 0.4) is 0 Å². The van der Waals surface area contributed by atoms with E-state index in [2.05, 4.69) is 5.32 Å². The molecule has 3 atom stereocenters. The zero-order valence-electron chi connectivity index (χ0n) is 17.2. The van der Waals surface area contributed by atoms with Crippen molar-refractivity contribution in [3.05, 3.63) is 101 Å². The van der Waals surface area contributed by atoms with Gasteiger partial charge in [-0.15, -0.1) is 0 Å². The molecule has 0 amide bonds. The summed E-state index contributed by atoms with van der Waals surface area (Å²) in [5.41, 5.74) is 2.37. The van der Waals surface area contributed by atoms with Gasteiger partial charge in [0.1, 0.15) is 0 Å². The molecule has 166 valence electrons. The molecule has 3 unspecified atom stereocenters. The minimum absolute atomic E-state index is 0.0112. The Balaban J connectivity index is 1.96. The summed E-state index contributed by atoms with van der Waals surface area (Å²) in [4.78, 5) is 22.6. The molecule has 3 aromatic carbocycles. The maximum atomic E-state index is 11.8. The molecule has 7 nitrogen and oxygen atoms in total. The normalized spacial score (nSPS) is 13.8. The fraction of sp³-hybridized carbons (Fsp3) is 0.167. The number of hydrogen-bond acceptors (Lipinski definition) is 5. The standard InChI is InChI=1S/C24H23NO6S/c1-15(20-13-19(24(28)29)11-12-21(20)32(30)31)22(17-5-3-2-4-6-17)25-14-16-7-9-18(10-8-16)23(26)27/h2-13,15,22,25H,14H2,1H3,(H,26,27)(H,28,29)(H,30,31)/p-1. The molecule has 0 aliphatic rings. The van der Waals surface area contributed by atoms with Crippen LogP contribution in [0.15, 0.2) is 77.7 Å². The van der Waals surface area contributed by atoms with Crippen molar-refractivity contribution in [3.8, 4) is 0 Å². The molecule has 0 aromatic heterocycles. The summed E-state index contributed by atoms with van der Waals surface area (Å²) in [6.07, 6.45) is 0. The van der Waals surface area contributed by atoms with Crippen molar-refractivity contribution < 1.29 is 28.6 Å². The zero-order chi connectivity index (χ0) is 23.3. The first-order valence-electron chi connectivity index (χ1n) is 9.85. The summed E-state index contributed by atoms with van der Waals surface area (Å²) in [7, 11) is 0. The van der Waals surface area contributed by atoms with E-state index in [9.17, 15) is 23.5 Å². The smallest absolute Gasteiger partial charge is 0.335 e. The highest BCUT2D eigenvalue weighted by atomic mass is 32.2. The fourth-order valence-electron chi connectivity index (χ4n) is 3.61. The van der Waals surface area contributed by atoms with Gasteiger partial charge >= 0.3 is 11.9 Å². The fourth-order valence-corrected chi connectivity index (χ4v) is 4.22. The number of rotatable bonds is 9.